The molecule has 0 fully saturated rings. The minimum Gasteiger partial charge on any atom is -0.358 e. The quantitative estimate of drug-likeness (QED) is 0.442. The third-order valence-corrected chi connectivity index (χ3v) is 5.04. The van der Waals surface area contributed by atoms with E-state index in [0.717, 1.165) is 0 Å². The molecule has 0 atom stereocenters. The Morgan fingerprint density at radius 2 is 2.17 bits per heavy atom. The SMILES string of the molecule is Cc1c(S(=O)(=O)NCCCn2cc(Cl)c([N+](=O)[O-])n2)cnn1C. The Morgan fingerprint density at radius 3 is 2.70 bits per heavy atom. The maximum Gasteiger partial charge on any atom is 0.408 e. The molecule has 0 spiro atoms. The van der Waals surface area contributed by atoms with Crippen molar-refractivity contribution >= 4 is 27.4 Å². The summed E-state index contributed by atoms with van der Waals surface area (Å²) < 4.78 is 29.5. The first kappa shape index (κ1) is 17.4. The van der Waals surface area contributed by atoms with Gasteiger partial charge in [-0.1, -0.05) is 11.6 Å². The first-order valence-electron chi connectivity index (χ1n) is 6.58. The second-order valence-corrected chi connectivity index (χ2v) is 6.93. The molecule has 0 aliphatic rings. The molecule has 0 aliphatic carbocycles. The first-order valence-corrected chi connectivity index (χ1v) is 8.44. The molecular formula is C11H15ClN6O4S. The monoisotopic (exact) mass is 362 g/mol. The summed E-state index contributed by atoms with van der Waals surface area (Å²) in [7, 11) is -1.98. The highest BCUT2D eigenvalue weighted by Crippen LogP contribution is 2.21. The van der Waals surface area contributed by atoms with Crippen LogP contribution in [0.25, 0.3) is 0 Å². The topological polar surface area (TPSA) is 125 Å². The molecule has 0 saturated carbocycles. The van der Waals surface area contributed by atoms with Crippen LogP contribution in [0.1, 0.15) is 12.1 Å². The molecule has 0 aliphatic heterocycles. The fourth-order valence-corrected chi connectivity index (χ4v) is 3.39. The molecule has 0 radical (unpaired) electrons. The molecule has 2 aromatic heterocycles. The molecule has 10 nitrogen and oxygen atoms in total. The van der Waals surface area contributed by atoms with E-state index in [4.69, 9.17) is 11.6 Å². The maximum atomic E-state index is 12.1. The zero-order valence-electron chi connectivity index (χ0n) is 12.4. The van der Waals surface area contributed by atoms with Crippen LogP contribution in [0.5, 0.6) is 0 Å². The maximum absolute atomic E-state index is 12.1. The average molecular weight is 363 g/mol. The zero-order valence-corrected chi connectivity index (χ0v) is 14.0. The molecule has 0 saturated heterocycles. The van der Waals surface area contributed by atoms with Gasteiger partial charge in [0.1, 0.15) is 4.90 Å². The number of halogens is 1. The predicted octanol–water partition coefficient (Wildman–Crippen LogP) is 0.855. The highest BCUT2D eigenvalue weighted by atomic mass is 35.5. The molecule has 0 unspecified atom stereocenters. The summed E-state index contributed by atoms with van der Waals surface area (Å²) in [5.41, 5.74) is 0.534. The molecule has 126 valence electrons. The lowest BCUT2D eigenvalue weighted by molar-refractivity contribution is -0.389. The van der Waals surface area contributed by atoms with Crippen molar-refractivity contribution in [2.45, 2.75) is 24.8 Å². The molecule has 0 bridgehead atoms. The van der Waals surface area contributed by atoms with Gasteiger partial charge in [-0.05, 0) is 18.3 Å². The van der Waals surface area contributed by atoms with Crippen LogP contribution in [0.15, 0.2) is 17.3 Å². The number of aromatic nitrogens is 4. The van der Waals surface area contributed by atoms with Gasteiger partial charge in [0.05, 0.1) is 29.7 Å². The van der Waals surface area contributed by atoms with E-state index >= 15 is 0 Å². The minimum absolute atomic E-state index is 0.0541. The Balaban J connectivity index is 1.91. The van der Waals surface area contributed by atoms with Crippen molar-refractivity contribution in [3.8, 4) is 0 Å². The molecule has 2 rings (SSSR count). The number of rotatable bonds is 7. The van der Waals surface area contributed by atoms with Crippen molar-refractivity contribution in [1.82, 2.24) is 24.3 Å². The van der Waals surface area contributed by atoms with Crippen LogP contribution in [-0.4, -0.2) is 39.4 Å². The fourth-order valence-electron chi connectivity index (χ4n) is 1.89. The van der Waals surface area contributed by atoms with Gasteiger partial charge in [-0.3, -0.25) is 4.68 Å². The van der Waals surface area contributed by atoms with Crippen LogP contribution in [0.4, 0.5) is 5.82 Å². The summed E-state index contributed by atoms with van der Waals surface area (Å²) in [4.78, 5) is 10.1. The van der Waals surface area contributed by atoms with E-state index in [1.54, 1.807) is 14.0 Å². The Bertz CT molecular complexity index is 828. The number of hydrogen-bond acceptors (Lipinski definition) is 6. The third-order valence-electron chi connectivity index (χ3n) is 3.21. The molecule has 0 amide bonds. The van der Waals surface area contributed by atoms with Crippen LogP contribution >= 0.6 is 11.6 Å². The predicted molar refractivity (Wildman–Crippen MR) is 81.6 cm³/mol. The number of nitro groups is 1. The van der Waals surface area contributed by atoms with Crippen molar-refractivity contribution in [2.75, 3.05) is 6.54 Å². The van der Waals surface area contributed by atoms with Gasteiger partial charge in [0.2, 0.25) is 10.0 Å². The van der Waals surface area contributed by atoms with Crippen LogP contribution < -0.4 is 4.72 Å². The fraction of sp³-hybridized carbons (Fsp3) is 0.455. The van der Waals surface area contributed by atoms with E-state index in [1.807, 2.05) is 0 Å². The lowest BCUT2D eigenvalue weighted by Crippen LogP contribution is -2.26. The van der Waals surface area contributed by atoms with Crippen LogP contribution in [0, 0.1) is 17.0 Å². The molecule has 2 aromatic rings. The smallest absolute Gasteiger partial charge is 0.358 e. The lowest BCUT2D eigenvalue weighted by atomic mass is 10.4. The minimum atomic E-state index is -3.64. The van der Waals surface area contributed by atoms with Gasteiger partial charge in [0.25, 0.3) is 0 Å². The normalized spacial score (nSPS) is 11.8. The second kappa shape index (κ2) is 6.64. The van der Waals surface area contributed by atoms with E-state index < -0.39 is 20.8 Å². The van der Waals surface area contributed by atoms with Crippen molar-refractivity contribution < 1.29 is 13.3 Å². The molecule has 12 heteroatoms. The Hall–Kier alpha value is -1.98. The molecule has 1 N–H and O–H groups in total. The summed E-state index contributed by atoms with van der Waals surface area (Å²) in [6, 6.07) is 0. The molecule has 2 heterocycles. The van der Waals surface area contributed by atoms with E-state index in [-0.39, 0.29) is 16.5 Å². The van der Waals surface area contributed by atoms with Gasteiger partial charge < -0.3 is 10.1 Å². The molecule has 0 aromatic carbocycles. The highest BCUT2D eigenvalue weighted by molar-refractivity contribution is 7.89. The van der Waals surface area contributed by atoms with Gasteiger partial charge in [-0.25, -0.2) is 13.1 Å². The van der Waals surface area contributed by atoms with Gasteiger partial charge >= 0.3 is 5.82 Å². The second-order valence-electron chi connectivity index (χ2n) is 4.79. The van der Waals surface area contributed by atoms with Crippen LogP contribution in [0.3, 0.4) is 0 Å². The van der Waals surface area contributed by atoms with Gasteiger partial charge in [-0.15, -0.1) is 0 Å². The standard InChI is InChI=1S/C11H15ClN6O4S/c1-8-10(6-13-16(8)2)23(21,22)14-4-3-5-17-7-9(12)11(15-17)18(19)20/h6-7,14H,3-5H2,1-2H3. The van der Waals surface area contributed by atoms with Crippen molar-refractivity contribution in [3.05, 3.63) is 33.2 Å². The average Bonchev–Trinajstić information content (AvgIpc) is 2.99. The van der Waals surface area contributed by atoms with Crippen LogP contribution in [-0.2, 0) is 23.6 Å². The van der Waals surface area contributed by atoms with E-state index in [2.05, 4.69) is 14.9 Å². The van der Waals surface area contributed by atoms with Gasteiger partial charge in [0, 0.05) is 13.6 Å². The van der Waals surface area contributed by atoms with Gasteiger partial charge in [-0.2, -0.15) is 9.78 Å². The summed E-state index contributed by atoms with van der Waals surface area (Å²) in [6.45, 7) is 2.11. The summed E-state index contributed by atoms with van der Waals surface area (Å²) in [6.07, 6.45) is 3.02. The number of nitrogens with zero attached hydrogens (tertiary/aromatic N) is 5. The van der Waals surface area contributed by atoms with E-state index in [1.165, 1.54) is 21.8 Å². The third kappa shape index (κ3) is 3.86. The zero-order chi connectivity index (χ0) is 17.2. The van der Waals surface area contributed by atoms with E-state index in [0.29, 0.717) is 18.7 Å². The first-order chi connectivity index (χ1) is 10.7. The van der Waals surface area contributed by atoms with Gasteiger partial charge in [0.15, 0.2) is 5.02 Å². The summed E-state index contributed by atoms with van der Waals surface area (Å²) in [5, 5.41) is 18.2. The highest BCUT2D eigenvalue weighted by Gasteiger charge is 2.20. The number of nitrogens with one attached hydrogen (secondary N) is 1. The van der Waals surface area contributed by atoms with E-state index in [9.17, 15) is 18.5 Å². The Morgan fingerprint density at radius 1 is 1.48 bits per heavy atom. The lowest BCUT2D eigenvalue weighted by Gasteiger charge is -2.05. The summed E-state index contributed by atoms with van der Waals surface area (Å²) in [5.74, 6) is -0.418. The number of sulfonamides is 1. The largest absolute Gasteiger partial charge is 0.408 e. The van der Waals surface area contributed by atoms with Crippen molar-refractivity contribution in [2.24, 2.45) is 7.05 Å². The summed E-state index contributed by atoms with van der Waals surface area (Å²) >= 11 is 5.68. The van der Waals surface area contributed by atoms with Crippen molar-refractivity contribution in [1.29, 1.82) is 0 Å². The molecular weight excluding hydrogens is 348 g/mol. The number of hydrogen-bond donors (Lipinski definition) is 1. The molecule has 23 heavy (non-hydrogen) atoms. The van der Waals surface area contributed by atoms with Crippen LogP contribution in [0.2, 0.25) is 5.02 Å². The Kier molecular flexibility index (Phi) is 5.02. The van der Waals surface area contributed by atoms with Crippen molar-refractivity contribution in [3.63, 3.8) is 0 Å². The Labute approximate surface area is 137 Å². The number of aryl methyl sites for hydroxylation is 2.